The van der Waals surface area contributed by atoms with Crippen LogP contribution in [0.5, 0.6) is 0 Å². The Hall–Kier alpha value is -1.62. The van der Waals surface area contributed by atoms with Gasteiger partial charge in [0.05, 0.1) is 13.2 Å². The lowest BCUT2D eigenvalue weighted by Gasteiger charge is -2.30. The fraction of sp³-hybridized carbons (Fsp3) is 0.458. The largest absolute Gasteiger partial charge is 0.378 e. The summed E-state index contributed by atoms with van der Waals surface area (Å²) in [6.45, 7) is 12.6. The quantitative estimate of drug-likeness (QED) is 0.569. The summed E-state index contributed by atoms with van der Waals surface area (Å²) in [7, 11) is 0.130. The van der Waals surface area contributed by atoms with Crippen LogP contribution in [0.4, 0.5) is 5.69 Å². The van der Waals surface area contributed by atoms with Gasteiger partial charge >= 0.3 is 0 Å². The molecular formula is C24H34N2OS. The van der Waals surface area contributed by atoms with Crippen LogP contribution in [-0.4, -0.2) is 42.5 Å². The van der Waals surface area contributed by atoms with Crippen LogP contribution in [0.3, 0.4) is 0 Å². The van der Waals surface area contributed by atoms with Crippen LogP contribution in [0.1, 0.15) is 31.9 Å². The number of ether oxygens (including phenoxy) is 1. The lowest BCUT2D eigenvalue weighted by atomic mass is 10.1. The molecule has 1 unspecified atom stereocenters. The van der Waals surface area contributed by atoms with Crippen molar-refractivity contribution < 1.29 is 4.74 Å². The standard InChI is InChI=1S/C24H34N2OS/c1-4-28(20-23-8-6-5-7-9-23)26(18-21(2)3)19-22-10-12-24(13-11-22)25-14-16-27-17-15-25/h4-13,21H,14-20H2,1-3H3. The second-order valence-electron chi connectivity index (χ2n) is 7.75. The van der Waals surface area contributed by atoms with E-state index in [1.807, 2.05) is 0 Å². The van der Waals surface area contributed by atoms with E-state index in [-0.39, 0.29) is 10.7 Å². The van der Waals surface area contributed by atoms with E-state index in [0.717, 1.165) is 45.1 Å². The highest BCUT2D eigenvalue weighted by molar-refractivity contribution is 8.12. The van der Waals surface area contributed by atoms with Crippen LogP contribution in [0.15, 0.2) is 54.6 Å². The summed E-state index contributed by atoms with van der Waals surface area (Å²) in [5, 5.41) is 2.39. The van der Waals surface area contributed by atoms with Crippen molar-refractivity contribution in [1.82, 2.24) is 4.31 Å². The number of benzene rings is 2. The van der Waals surface area contributed by atoms with Gasteiger partial charge in [-0.2, -0.15) is 0 Å². The monoisotopic (exact) mass is 398 g/mol. The van der Waals surface area contributed by atoms with Gasteiger partial charge in [0.15, 0.2) is 0 Å². The van der Waals surface area contributed by atoms with Crippen molar-refractivity contribution in [3.63, 3.8) is 0 Å². The van der Waals surface area contributed by atoms with Crippen molar-refractivity contribution in [2.24, 2.45) is 5.92 Å². The smallest absolute Gasteiger partial charge is 0.0642 e. The van der Waals surface area contributed by atoms with Gasteiger partial charge in [-0.15, -0.1) is 10.7 Å². The number of rotatable bonds is 8. The first-order chi connectivity index (χ1) is 13.7. The third-order valence-corrected chi connectivity index (χ3v) is 7.12. The Labute approximate surface area is 173 Å². The zero-order valence-electron chi connectivity index (χ0n) is 17.5. The van der Waals surface area contributed by atoms with Crippen molar-refractivity contribution in [2.75, 3.05) is 37.7 Å². The summed E-state index contributed by atoms with van der Waals surface area (Å²) in [5.74, 6) is 1.74. The average molecular weight is 399 g/mol. The zero-order chi connectivity index (χ0) is 19.8. The molecule has 0 saturated carbocycles. The first-order valence-electron chi connectivity index (χ1n) is 10.4. The van der Waals surface area contributed by atoms with Crippen LogP contribution in [0.2, 0.25) is 0 Å². The SMILES string of the molecule is CC=S(Cc1ccccc1)N(Cc1ccc(N2CCOCC2)cc1)CC(C)C. The summed E-state index contributed by atoms with van der Waals surface area (Å²) in [6, 6.07) is 20.0. The number of hydrogen-bond donors (Lipinski definition) is 0. The fourth-order valence-electron chi connectivity index (χ4n) is 3.56. The van der Waals surface area contributed by atoms with Crippen LogP contribution in [0, 0.1) is 5.92 Å². The third-order valence-electron chi connectivity index (χ3n) is 5.00. The summed E-state index contributed by atoms with van der Waals surface area (Å²) in [4.78, 5) is 2.42. The molecule has 1 atom stereocenters. The Bertz CT molecular complexity index is 737. The Kier molecular flexibility index (Phi) is 8.13. The van der Waals surface area contributed by atoms with E-state index in [2.05, 4.69) is 89.9 Å². The maximum atomic E-state index is 5.47. The van der Waals surface area contributed by atoms with Crippen molar-refractivity contribution >= 4 is 21.7 Å². The second kappa shape index (κ2) is 10.8. The second-order valence-corrected chi connectivity index (χ2v) is 9.83. The molecule has 152 valence electrons. The molecule has 3 rings (SSSR count). The van der Waals surface area contributed by atoms with E-state index in [4.69, 9.17) is 4.74 Å². The molecule has 1 aliphatic rings. The van der Waals surface area contributed by atoms with E-state index >= 15 is 0 Å². The lowest BCUT2D eigenvalue weighted by Crippen LogP contribution is -2.36. The van der Waals surface area contributed by atoms with E-state index in [1.54, 1.807) is 0 Å². The van der Waals surface area contributed by atoms with E-state index in [9.17, 15) is 0 Å². The molecule has 0 aliphatic carbocycles. The van der Waals surface area contributed by atoms with Crippen molar-refractivity contribution in [3.05, 3.63) is 65.7 Å². The summed E-state index contributed by atoms with van der Waals surface area (Å²) >= 11 is 0. The molecule has 1 fully saturated rings. The highest BCUT2D eigenvalue weighted by atomic mass is 32.2. The minimum Gasteiger partial charge on any atom is -0.378 e. The topological polar surface area (TPSA) is 15.7 Å². The van der Waals surface area contributed by atoms with Crippen molar-refractivity contribution in [1.29, 1.82) is 0 Å². The number of morpholine rings is 1. The van der Waals surface area contributed by atoms with Crippen LogP contribution >= 0.6 is 10.7 Å². The van der Waals surface area contributed by atoms with Gasteiger partial charge in [0, 0.05) is 37.6 Å². The molecule has 0 radical (unpaired) electrons. The molecular weight excluding hydrogens is 364 g/mol. The van der Waals surface area contributed by atoms with Crippen molar-refractivity contribution in [2.45, 2.75) is 33.1 Å². The van der Waals surface area contributed by atoms with Gasteiger partial charge in [-0.1, -0.05) is 56.3 Å². The third kappa shape index (κ3) is 6.20. The van der Waals surface area contributed by atoms with Crippen molar-refractivity contribution in [3.8, 4) is 0 Å². The van der Waals surface area contributed by atoms with Gasteiger partial charge in [0.1, 0.15) is 0 Å². The number of hydrogen-bond acceptors (Lipinski definition) is 3. The van der Waals surface area contributed by atoms with Crippen LogP contribution in [0.25, 0.3) is 0 Å². The van der Waals surface area contributed by atoms with Gasteiger partial charge < -0.3 is 9.64 Å². The molecule has 2 aromatic carbocycles. The maximum absolute atomic E-state index is 5.47. The van der Waals surface area contributed by atoms with Gasteiger partial charge in [0.2, 0.25) is 0 Å². The van der Waals surface area contributed by atoms with Gasteiger partial charge in [-0.25, -0.2) is 0 Å². The molecule has 1 aliphatic heterocycles. The molecule has 1 heterocycles. The Morgan fingerprint density at radius 2 is 1.68 bits per heavy atom. The number of anilines is 1. The van der Waals surface area contributed by atoms with E-state index < -0.39 is 0 Å². The van der Waals surface area contributed by atoms with Gasteiger partial charge in [0.25, 0.3) is 0 Å². The Morgan fingerprint density at radius 3 is 2.29 bits per heavy atom. The first kappa shape index (κ1) is 21.1. The average Bonchev–Trinajstić information content (AvgIpc) is 2.73. The zero-order valence-corrected chi connectivity index (χ0v) is 18.3. The van der Waals surface area contributed by atoms with E-state index in [0.29, 0.717) is 5.92 Å². The lowest BCUT2D eigenvalue weighted by molar-refractivity contribution is 0.122. The van der Waals surface area contributed by atoms with Crippen LogP contribution < -0.4 is 4.90 Å². The minimum atomic E-state index is 0.130. The molecule has 28 heavy (non-hydrogen) atoms. The predicted octanol–water partition coefficient (Wildman–Crippen LogP) is 5.19. The highest BCUT2D eigenvalue weighted by Crippen LogP contribution is 2.28. The molecule has 2 aromatic rings. The molecule has 0 bridgehead atoms. The summed E-state index contributed by atoms with van der Waals surface area (Å²) < 4.78 is 8.13. The maximum Gasteiger partial charge on any atom is 0.0642 e. The highest BCUT2D eigenvalue weighted by Gasteiger charge is 2.14. The first-order valence-corrected chi connectivity index (χ1v) is 11.8. The van der Waals surface area contributed by atoms with Gasteiger partial charge in [-0.05, 0) is 41.5 Å². The Morgan fingerprint density at radius 1 is 1.00 bits per heavy atom. The molecule has 3 nitrogen and oxygen atoms in total. The normalized spacial score (nSPS) is 16.1. The summed E-state index contributed by atoms with van der Waals surface area (Å²) in [5.41, 5.74) is 4.12. The Balaban J connectivity index is 1.70. The summed E-state index contributed by atoms with van der Waals surface area (Å²) in [6.07, 6.45) is 0. The predicted molar refractivity (Wildman–Crippen MR) is 124 cm³/mol. The van der Waals surface area contributed by atoms with Crippen LogP contribution in [-0.2, 0) is 17.0 Å². The molecule has 0 amide bonds. The molecule has 1 saturated heterocycles. The minimum absolute atomic E-state index is 0.130. The molecule has 0 aromatic heterocycles. The fourth-order valence-corrected chi connectivity index (χ4v) is 5.54. The molecule has 4 heteroatoms. The molecule has 0 N–H and O–H groups in total. The molecule has 0 spiro atoms. The van der Waals surface area contributed by atoms with Gasteiger partial charge in [-0.3, -0.25) is 4.31 Å². The van der Waals surface area contributed by atoms with E-state index in [1.165, 1.54) is 16.8 Å². The number of nitrogens with zero attached hydrogens (tertiary/aromatic N) is 2.